The molecular weight excluding hydrogens is 156 g/mol. The molecule has 0 unspecified atom stereocenters. The third-order valence-electron chi connectivity index (χ3n) is 0.872. The fraction of sp³-hybridized carbons (Fsp3) is 0.125. The van der Waals surface area contributed by atoms with Crippen molar-refractivity contribution in [2.24, 2.45) is 0 Å². The molecule has 0 saturated heterocycles. The summed E-state index contributed by atoms with van der Waals surface area (Å²) in [6.45, 7) is 1.08. The lowest BCUT2D eigenvalue weighted by molar-refractivity contribution is -0.134. The molecule has 0 fully saturated rings. The van der Waals surface area contributed by atoms with E-state index in [0.29, 0.717) is 5.69 Å². The summed E-state index contributed by atoms with van der Waals surface area (Å²) in [5.41, 5.74) is 0.590. The number of aliphatic carboxylic acids is 1. The highest BCUT2D eigenvalue weighted by atomic mass is 16.4. The van der Waals surface area contributed by atoms with Crippen LogP contribution in [-0.4, -0.2) is 11.1 Å². The standard InChI is InChI=1S/C6H5N2.C2H4O2/c7-8-6-4-2-1-3-5-6;1-2(3)4/h1-5H;1H3,(H,3,4)/q+1;. The molecule has 1 N–H and O–H groups in total. The van der Waals surface area contributed by atoms with E-state index in [1.54, 1.807) is 12.1 Å². The van der Waals surface area contributed by atoms with Crippen LogP contribution in [0.3, 0.4) is 0 Å². The van der Waals surface area contributed by atoms with Crippen LogP contribution >= 0.6 is 0 Å². The van der Waals surface area contributed by atoms with Gasteiger partial charge in [-0.2, -0.15) is 0 Å². The van der Waals surface area contributed by atoms with Gasteiger partial charge < -0.3 is 5.11 Å². The van der Waals surface area contributed by atoms with Crippen molar-refractivity contribution in [1.29, 1.82) is 5.39 Å². The van der Waals surface area contributed by atoms with Crippen LogP contribution in [0.25, 0.3) is 4.98 Å². The molecule has 0 atom stereocenters. The van der Waals surface area contributed by atoms with Gasteiger partial charge in [0.05, 0.1) is 0 Å². The maximum absolute atomic E-state index is 9.00. The van der Waals surface area contributed by atoms with Crippen molar-refractivity contribution < 1.29 is 9.90 Å². The van der Waals surface area contributed by atoms with Crippen molar-refractivity contribution in [3.05, 3.63) is 35.3 Å². The summed E-state index contributed by atoms with van der Waals surface area (Å²) < 4.78 is 0. The largest absolute Gasteiger partial charge is 0.481 e. The van der Waals surface area contributed by atoms with Crippen LogP contribution in [0.2, 0.25) is 0 Å². The van der Waals surface area contributed by atoms with Crippen LogP contribution in [0, 0.1) is 5.39 Å². The fourth-order valence-corrected chi connectivity index (χ4v) is 0.495. The van der Waals surface area contributed by atoms with Gasteiger partial charge in [0, 0.05) is 19.1 Å². The van der Waals surface area contributed by atoms with Crippen molar-refractivity contribution >= 4 is 11.7 Å². The highest BCUT2D eigenvalue weighted by molar-refractivity contribution is 5.62. The van der Waals surface area contributed by atoms with Gasteiger partial charge >= 0.3 is 5.69 Å². The van der Waals surface area contributed by atoms with Crippen LogP contribution in [0.15, 0.2) is 30.3 Å². The Morgan fingerprint density at radius 1 is 1.42 bits per heavy atom. The second-order valence-corrected chi connectivity index (χ2v) is 1.95. The van der Waals surface area contributed by atoms with Gasteiger partial charge in [0.15, 0.2) is 4.98 Å². The number of carboxylic acid groups (broad SMARTS) is 1. The van der Waals surface area contributed by atoms with E-state index in [9.17, 15) is 0 Å². The molecule has 1 aromatic carbocycles. The van der Waals surface area contributed by atoms with Crippen molar-refractivity contribution in [2.45, 2.75) is 6.92 Å². The molecule has 0 aliphatic heterocycles. The minimum atomic E-state index is -0.833. The van der Waals surface area contributed by atoms with Gasteiger partial charge in [-0.15, -0.1) is 0 Å². The molecular formula is C8H9N2O2+. The first kappa shape index (κ1) is 10.1. The first-order valence-corrected chi connectivity index (χ1v) is 3.26. The summed E-state index contributed by atoms with van der Waals surface area (Å²) >= 11 is 0. The monoisotopic (exact) mass is 165 g/mol. The predicted octanol–water partition coefficient (Wildman–Crippen LogP) is 2.26. The van der Waals surface area contributed by atoms with E-state index in [0.717, 1.165) is 6.92 Å². The number of nitrogens with zero attached hydrogens (tertiary/aromatic N) is 2. The number of carboxylic acids is 1. The maximum Gasteiger partial charge on any atom is 0.385 e. The molecule has 4 heteroatoms. The van der Waals surface area contributed by atoms with E-state index in [4.69, 9.17) is 15.3 Å². The third kappa shape index (κ3) is 6.23. The van der Waals surface area contributed by atoms with Crippen molar-refractivity contribution in [2.75, 3.05) is 0 Å². The quantitative estimate of drug-likeness (QED) is 0.599. The zero-order chi connectivity index (χ0) is 9.40. The number of diazo groups is 1. The van der Waals surface area contributed by atoms with Gasteiger partial charge in [-0.25, -0.2) is 0 Å². The number of benzene rings is 1. The lowest BCUT2D eigenvalue weighted by Gasteiger charge is -1.69. The number of rotatable bonds is 0. The van der Waals surface area contributed by atoms with Crippen molar-refractivity contribution in [3.63, 3.8) is 0 Å². The lowest BCUT2D eigenvalue weighted by Crippen LogP contribution is -1.78. The Labute approximate surface area is 70.1 Å². The van der Waals surface area contributed by atoms with Crippen LogP contribution in [0.5, 0.6) is 0 Å². The molecule has 0 amide bonds. The third-order valence-corrected chi connectivity index (χ3v) is 0.872. The second kappa shape index (κ2) is 5.86. The Kier molecular flexibility index (Phi) is 4.94. The van der Waals surface area contributed by atoms with Gasteiger partial charge in [-0.1, -0.05) is 18.2 Å². The predicted molar refractivity (Wildman–Crippen MR) is 44.5 cm³/mol. The van der Waals surface area contributed by atoms with E-state index in [1.807, 2.05) is 18.2 Å². The van der Waals surface area contributed by atoms with Crippen LogP contribution < -0.4 is 0 Å². The molecule has 0 heterocycles. The van der Waals surface area contributed by atoms with E-state index >= 15 is 0 Å². The minimum Gasteiger partial charge on any atom is -0.481 e. The normalized spacial score (nSPS) is 7.33. The number of carbonyl (C=O) groups is 1. The fourth-order valence-electron chi connectivity index (χ4n) is 0.495. The Bertz CT molecular complexity index is 273. The Morgan fingerprint density at radius 3 is 2.08 bits per heavy atom. The lowest BCUT2D eigenvalue weighted by atomic mass is 10.3. The Hall–Kier alpha value is -1.89. The number of hydrogen-bond acceptors (Lipinski definition) is 2. The molecule has 62 valence electrons. The molecule has 0 spiro atoms. The minimum absolute atomic E-state index is 0.590. The van der Waals surface area contributed by atoms with E-state index < -0.39 is 5.97 Å². The van der Waals surface area contributed by atoms with Crippen LogP contribution in [0.4, 0.5) is 5.69 Å². The van der Waals surface area contributed by atoms with Crippen LogP contribution in [-0.2, 0) is 4.79 Å². The zero-order valence-corrected chi connectivity index (χ0v) is 6.64. The highest BCUT2D eigenvalue weighted by Crippen LogP contribution is 2.07. The molecule has 0 aliphatic carbocycles. The number of hydrogen-bond donors (Lipinski definition) is 1. The second-order valence-electron chi connectivity index (χ2n) is 1.95. The van der Waals surface area contributed by atoms with Crippen LogP contribution in [0.1, 0.15) is 6.92 Å². The molecule has 1 rings (SSSR count). The van der Waals surface area contributed by atoms with E-state index in [-0.39, 0.29) is 0 Å². The molecule has 12 heavy (non-hydrogen) atoms. The molecule has 1 aromatic rings. The zero-order valence-electron chi connectivity index (χ0n) is 6.64. The Balaban J connectivity index is 0.000000261. The van der Waals surface area contributed by atoms with Gasteiger partial charge in [0.1, 0.15) is 0 Å². The van der Waals surface area contributed by atoms with E-state index in [2.05, 4.69) is 4.98 Å². The molecule has 0 radical (unpaired) electrons. The molecule has 0 aliphatic rings. The molecule has 4 nitrogen and oxygen atoms in total. The van der Waals surface area contributed by atoms with Gasteiger partial charge in [0.25, 0.3) is 5.97 Å². The van der Waals surface area contributed by atoms with E-state index in [1.165, 1.54) is 0 Å². The summed E-state index contributed by atoms with van der Waals surface area (Å²) in [5, 5.41) is 15.6. The molecule has 0 aromatic heterocycles. The smallest absolute Gasteiger partial charge is 0.385 e. The first-order chi connectivity index (χ1) is 5.66. The van der Waals surface area contributed by atoms with Gasteiger partial charge in [-0.3, -0.25) is 4.79 Å². The molecule has 0 bridgehead atoms. The topological polar surface area (TPSA) is 65.5 Å². The molecule has 0 saturated carbocycles. The Morgan fingerprint density at radius 2 is 1.83 bits per heavy atom. The first-order valence-electron chi connectivity index (χ1n) is 3.26. The van der Waals surface area contributed by atoms with Crippen molar-refractivity contribution in [3.8, 4) is 0 Å². The summed E-state index contributed by atoms with van der Waals surface area (Å²) in [5.74, 6) is -0.833. The average Bonchev–Trinajstić information content (AvgIpc) is 2.05. The maximum atomic E-state index is 9.00. The SMILES string of the molecule is CC(=O)O.N#[N+]c1ccccc1. The average molecular weight is 165 g/mol. The summed E-state index contributed by atoms with van der Waals surface area (Å²) in [7, 11) is 0. The highest BCUT2D eigenvalue weighted by Gasteiger charge is 1.95. The van der Waals surface area contributed by atoms with Gasteiger partial charge in [-0.05, 0) is 0 Å². The van der Waals surface area contributed by atoms with Gasteiger partial charge in [0.2, 0.25) is 5.39 Å². The summed E-state index contributed by atoms with van der Waals surface area (Å²) in [6.07, 6.45) is 0. The summed E-state index contributed by atoms with van der Waals surface area (Å²) in [6, 6.07) is 8.94. The summed E-state index contributed by atoms with van der Waals surface area (Å²) in [4.78, 5) is 12.0. The van der Waals surface area contributed by atoms with Crippen molar-refractivity contribution in [1.82, 2.24) is 0 Å².